The van der Waals surface area contributed by atoms with Crippen LogP contribution in [0.1, 0.15) is 37.1 Å². The second kappa shape index (κ2) is 7.92. The minimum Gasteiger partial charge on any atom is -0.356 e. The summed E-state index contributed by atoms with van der Waals surface area (Å²) in [6.45, 7) is 10.1. The van der Waals surface area contributed by atoms with Gasteiger partial charge in [-0.3, -0.25) is 0 Å². The zero-order valence-corrected chi connectivity index (χ0v) is 19.0. The van der Waals surface area contributed by atoms with Gasteiger partial charge in [-0.25, -0.2) is 13.8 Å². The first-order valence-corrected chi connectivity index (χ1v) is 10.8. The molecule has 0 spiro atoms. The molecule has 0 saturated carbocycles. The fourth-order valence-corrected chi connectivity index (χ4v) is 4.94. The largest absolute Gasteiger partial charge is 0.356 e. The van der Waals surface area contributed by atoms with Gasteiger partial charge < -0.3 is 14.8 Å². The Morgan fingerprint density at radius 2 is 1.97 bits per heavy atom. The molecule has 1 unspecified atom stereocenters. The van der Waals surface area contributed by atoms with E-state index >= 15 is 0 Å². The molecule has 0 fully saturated rings. The standard InChI is InChI=1S/C24H27ClF2N4/c1-14(2)24(8-9-30(4)5)19-7-6-16(26)10-18(19)15(3)31(24)13-17-11-21-22(28-17)12-20(27)23(25)29-21/h6-7,10-12,14,28H,3,8-9,13H2,1-2,4-5H3. The number of hydrogen-bond acceptors (Lipinski definition) is 3. The fraction of sp³-hybridized carbons (Fsp3) is 0.375. The summed E-state index contributed by atoms with van der Waals surface area (Å²) in [5, 5.41) is -0.144. The first-order chi connectivity index (χ1) is 14.6. The van der Waals surface area contributed by atoms with E-state index in [2.05, 4.69) is 54.3 Å². The van der Waals surface area contributed by atoms with Crippen LogP contribution >= 0.6 is 11.6 Å². The number of fused-ring (bicyclic) bond motifs is 2. The molecule has 0 radical (unpaired) electrons. The summed E-state index contributed by atoms with van der Waals surface area (Å²) in [6, 6.07) is 8.24. The third-order valence-electron chi connectivity index (χ3n) is 6.36. The molecule has 0 saturated heterocycles. The SMILES string of the molecule is C=C1c2cc(F)ccc2C(CCN(C)C)(C(C)C)N1Cc1cc2nc(Cl)c(F)cc2[nH]1. The number of halogens is 3. The molecule has 7 heteroatoms. The van der Waals surface area contributed by atoms with Gasteiger partial charge in [-0.2, -0.15) is 0 Å². The topological polar surface area (TPSA) is 35.2 Å². The summed E-state index contributed by atoms with van der Waals surface area (Å²) in [7, 11) is 4.10. The van der Waals surface area contributed by atoms with Crippen molar-refractivity contribution in [2.24, 2.45) is 5.92 Å². The molecule has 1 aliphatic heterocycles. The van der Waals surface area contributed by atoms with Crippen molar-refractivity contribution in [2.45, 2.75) is 32.4 Å². The van der Waals surface area contributed by atoms with E-state index in [9.17, 15) is 8.78 Å². The van der Waals surface area contributed by atoms with Gasteiger partial charge in [0, 0.05) is 29.6 Å². The first-order valence-electron chi connectivity index (χ1n) is 10.4. The molecule has 0 bridgehead atoms. The van der Waals surface area contributed by atoms with Gasteiger partial charge >= 0.3 is 0 Å². The molecular weight excluding hydrogens is 418 g/mol. The highest BCUT2D eigenvalue weighted by Gasteiger charge is 2.48. The van der Waals surface area contributed by atoms with Crippen molar-refractivity contribution in [3.63, 3.8) is 0 Å². The zero-order chi connectivity index (χ0) is 22.5. The van der Waals surface area contributed by atoms with Crippen LogP contribution in [0.25, 0.3) is 16.7 Å². The van der Waals surface area contributed by atoms with Gasteiger partial charge in [-0.05, 0) is 50.2 Å². The summed E-state index contributed by atoms with van der Waals surface area (Å²) in [4.78, 5) is 11.8. The molecule has 1 aliphatic rings. The maximum Gasteiger partial charge on any atom is 0.165 e. The van der Waals surface area contributed by atoms with Crippen molar-refractivity contribution in [2.75, 3.05) is 20.6 Å². The van der Waals surface area contributed by atoms with Crippen LogP contribution in [-0.2, 0) is 12.1 Å². The minimum atomic E-state index is -0.557. The number of H-pyrrole nitrogens is 1. The third-order valence-corrected chi connectivity index (χ3v) is 6.62. The van der Waals surface area contributed by atoms with E-state index < -0.39 is 5.82 Å². The molecular formula is C24H27ClF2N4. The molecule has 0 aliphatic carbocycles. The Kier molecular flexibility index (Phi) is 5.56. The molecule has 3 heterocycles. The van der Waals surface area contributed by atoms with Crippen molar-refractivity contribution >= 4 is 28.3 Å². The van der Waals surface area contributed by atoms with E-state index in [1.165, 1.54) is 12.1 Å². The van der Waals surface area contributed by atoms with E-state index in [1.807, 2.05) is 12.1 Å². The van der Waals surface area contributed by atoms with E-state index in [1.54, 1.807) is 6.07 Å². The van der Waals surface area contributed by atoms with Crippen LogP contribution in [-0.4, -0.2) is 40.4 Å². The van der Waals surface area contributed by atoms with Crippen molar-refractivity contribution in [3.8, 4) is 0 Å². The average molecular weight is 445 g/mol. The summed E-state index contributed by atoms with van der Waals surface area (Å²) in [6.07, 6.45) is 0.855. The van der Waals surface area contributed by atoms with Gasteiger partial charge in [0.25, 0.3) is 0 Å². The van der Waals surface area contributed by atoms with Crippen LogP contribution in [0.2, 0.25) is 5.15 Å². The number of nitrogens with zero attached hydrogens (tertiary/aromatic N) is 3. The summed E-state index contributed by atoms with van der Waals surface area (Å²) in [5.41, 5.74) is 4.45. The van der Waals surface area contributed by atoms with Gasteiger partial charge in [0.1, 0.15) is 5.82 Å². The molecule has 1 aromatic carbocycles. The number of hydrogen-bond donors (Lipinski definition) is 1. The average Bonchev–Trinajstić information content (AvgIpc) is 3.18. The Morgan fingerprint density at radius 1 is 1.23 bits per heavy atom. The second-order valence-corrected chi connectivity index (χ2v) is 9.20. The first kappa shape index (κ1) is 21.8. The monoisotopic (exact) mass is 444 g/mol. The lowest BCUT2D eigenvalue weighted by molar-refractivity contribution is 0.0844. The predicted octanol–water partition coefficient (Wildman–Crippen LogP) is 5.78. The van der Waals surface area contributed by atoms with Crippen LogP contribution in [0, 0.1) is 17.6 Å². The molecule has 1 N–H and O–H groups in total. The van der Waals surface area contributed by atoms with Crippen molar-refractivity contribution in [3.05, 3.63) is 70.5 Å². The van der Waals surface area contributed by atoms with Crippen LogP contribution in [0.4, 0.5) is 8.78 Å². The molecule has 4 rings (SSSR count). The van der Waals surface area contributed by atoms with Crippen LogP contribution in [0.15, 0.2) is 36.9 Å². The number of benzene rings is 1. The second-order valence-electron chi connectivity index (χ2n) is 8.84. The molecule has 31 heavy (non-hydrogen) atoms. The Morgan fingerprint density at radius 3 is 2.65 bits per heavy atom. The van der Waals surface area contributed by atoms with Gasteiger partial charge in [0.15, 0.2) is 11.0 Å². The maximum atomic E-state index is 14.1. The van der Waals surface area contributed by atoms with Gasteiger partial charge in [-0.15, -0.1) is 0 Å². The maximum absolute atomic E-state index is 14.1. The third kappa shape index (κ3) is 3.62. The smallest absolute Gasteiger partial charge is 0.165 e. The lowest BCUT2D eigenvalue weighted by atomic mass is 9.77. The molecule has 2 aromatic heterocycles. The molecule has 1 atom stereocenters. The molecule has 164 valence electrons. The lowest BCUT2D eigenvalue weighted by Crippen LogP contribution is -2.46. The minimum absolute atomic E-state index is 0.144. The molecule has 4 nitrogen and oxygen atoms in total. The van der Waals surface area contributed by atoms with Gasteiger partial charge in [0.05, 0.1) is 23.1 Å². The summed E-state index contributed by atoms with van der Waals surface area (Å²) in [5.74, 6) is -0.587. The normalized spacial score (nSPS) is 18.6. The summed E-state index contributed by atoms with van der Waals surface area (Å²) < 4.78 is 28.0. The van der Waals surface area contributed by atoms with Crippen LogP contribution in [0.5, 0.6) is 0 Å². The van der Waals surface area contributed by atoms with Gasteiger partial charge in [-0.1, -0.05) is 38.1 Å². The number of rotatable bonds is 6. The van der Waals surface area contributed by atoms with Crippen LogP contribution in [0.3, 0.4) is 0 Å². The highest BCUT2D eigenvalue weighted by Crippen LogP contribution is 2.52. The number of aromatic amines is 1. The Balaban J connectivity index is 1.81. The van der Waals surface area contributed by atoms with Gasteiger partial charge in [0.2, 0.25) is 0 Å². The van der Waals surface area contributed by atoms with E-state index in [-0.39, 0.29) is 22.4 Å². The van der Waals surface area contributed by atoms with E-state index in [0.717, 1.165) is 35.5 Å². The Labute approximate surface area is 186 Å². The number of pyridine rings is 1. The van der Waals surface area contributed by atoms with Crippen molar-refractivity contribution in [1.29, 1.82) is 0 Å². The summed E-state index contributed by atoms with van der Waals surface area (Å²) >= 11 is 5.86. The van der Waals surface area contributed by atoms with Crippen LogP contribution < -0.4 is 0 Å². The lowest BCUT2D eigenvalue weighted by Gasteiger charge is -2.45. The Bertz CT molecular complexity index is 1110. The molecule has 0 amide bonds. The number of nitrogens with one attached hydrogen (secondary N) is 1. The predicted molar refractivity (Wildman–Crippen MR) is 122 cm³/mol. The zero-order valence-electron chi connectivity index (χ0n) is 18.3. The fourth-order valence-electron chi connectivity index (χ4n) is 4.80. The molecule has 3 aromatic rings. The van der Waals surface area contributed by atoms with E-state index in [0.29, 0.717) is 17.6 Å². The highest BCUT2D eigenvalue weighted by atomic mass is 35.5. The Hall–Kier alpha value is -2.44. The number of aromatic nitrogens is 2. The highest BCUT2D eigenvalue weighted by molar-refractivity contribution is 6.29. The quantitative estimate of drug-likeness (QED) is 0.489. The van der Waals surface area contributed by atoms with Crippen molar-refractivity contribution in [1.82, 2.24) is 19.8 Å². The van der Waals surface area contributed by atoms with E-state index in [4.69, 9.17) is 11.6 Å². The van der Waals surface area contributed by atoms with Crippen molar-refractivity contribution < 1.29 is 8.78 Å².